The van der Waals surface area contributed by atoms with Gasteiger partial charge < -0.3 is 20.1 Å². The first-order valence-electron chi connectivity index (χ1n) is 8.13. The standard InChI is InChI=1S/C18H17N3O4/c22-17(21-13-2-3-13)12-5-6-19-14(8-12)18(23)20-9-11-1-4-15-16(7-11)25-10-24-15/h1,4-8,13H,2-3,9-10H2,(H,20,23)(H,21,22). The van der Waals surface area contributed by atoms with Gasteiger partial charge in [0.15, 0.2) is 11.5 Å². The predicted molar refractivity (Wildman–Crippen MR) is 88.5 cm³/mol. The summed E-state index contributed by atoms with van der Waals surface area (Å²) in [6, 6.07) is 8.88. The molecule has 2 aromatic rings. The first-order chi connectivity index (χ1) is 12.2. The second-order valence-electron chi connectivity index (χ2n) is 6.05. The van der Waals surface area contributed by atoms with E-state index in [0.717, 1.165) is 18.4 Å². The van der Waals surface area contributed by atoms with Crippen LogP contribution in [0.3, 0.4) is 0 Å². The van der Waals surface area contributed by atoms with Crippen LogP contribution in [0.2, 0.25) is 0 Å². The summed E-state index contributed by atoms with van der Waals surface area (Å²) < 4.78 is 10.6. The number of nitrogens with one attached hydrogen (secondary N) is 2. The summed E-state index contributed by atoms with van der Waals surface area (Å²) in [6.45, 7) is 0.542. The Morgan fingerprint density at radius 2 is 1.92 bits per heavy atom. The highest BCUT2D eigenvalue weighted by molar-refractivity contribution is 5.98. The third kappa shape index (κ3) is 3.55. The number of pyridine rings is 1. The van der Waals surface area contributed by atoms with E-state index in [4.69, 9.17) is 9.47 Å². The normalized spacial score (nSPS) is 14.9. The maximum absolute atomic E-state index is 12.3. The number of hydrogen-bond acceptors (Lipinski definition) is 5. The molecule has 0 saturated heterocycles. The van der Waals surface area contributed by atoms with Crippen molar-refractivity contribution in [1.82, 2.24) is 15.6 Å². The molecule has 0 radical (unpaired) electrons. The first kappa shape index (κ1) is 15.4. The summed E-state index contributed by atoms with van der Waals surface area (Å²) >= 11 is 0. The Kier molecular flexibility index (Phi) is 3.97. The second-order valence-corrected chi connectivity index (χ2v) is 6.05. The average Bonchev–Trinajstić information content (AvgIpc) is 3.33. The fourth-order valence-electron chi connectivity index (χ4n) is 2.52. The first-order valence-corrected chi connectivity index (χ1v) is 8.13. The molecule has 1 aliphatic heterocycles. The smallest absolute Gasteiger partial charge is 0.270 e. The maximum atomic E-state index is 12.3. The number of carbonyl (C=O) groups is 2. The van der Waals surface area contributed by atoms with Gasteiger partial charge in [-0.1, -0.05) is 6.07 Å². The second kappa shape index (κ2) is 6.43. The SMILES string of the molecule is O=C(NC1CC1)c1ccnc(C(=O)NCc2ccc3c(c2)OCO3)c1. The van der Waals surface area contributed by atoms with Crippen LogP contribution in [0.15, 0.2) is 36.5 Å². The molecule has 0 atom stereocenters. The number of nitrogens with zero attached hydrogens (tertiary/aromatic N) is 1. The van der Waals surface area contributed by atoms with E-state index in [9.17, 15) is 9.59 Å². The number of aromatic nitrogens is 1. The zero-order valence-electron chi connectivity index (χ0n) is 13.5. The van der Waals surface area contributed by atoms with Crippen LogP contribution in [-0.2, 0) is 6.54 Å². The van der Waals surface area contributed by atoms with Crippen LogP contribution in [0.4, 0.5) is 0 Å². The van der Waals surface area contributed by atoms with E-state index in [0.29, 0.717) is 23.6 Å². The van der Waals surface area contributed by atoms with Gasteiger partial charge in [-0.15, -0.1) is 0 Å². The number of hydrogen-bond donors (Lipinski definition) is 2. The predicted octanol–water partition coefficient (Wildman–Crippen LogP) is 1.63. The van der Waals surface area contributed by atoms with Crippen LogP contribution >= 0.6 is 0 Å². The third-order valence-corrected chi connectivity index (χ3v) is 4.06. The monoisotopic (exact) mass is 339 g/mol. The van der Waals surface area contributed by atoms with Gasteiger partial charge in [-0.2, -0.15) is 0 Å². The lowest BCUT2D eigenvalue weighted by molar-refractivity contribution is 0.0946. The Labute approximate surface area is 144 Å². The molecule has 1 fully saturated rings. The van der Waals surface area contributed by atoms with E-state index < -0.39 is 0 Å². The Morgan fingerprint density at radius 1 is 1.08 bits per heavy atom. The summed E-state index contributed by atoms with van der Waals surface area (Å²) in [5.41, 5.74) is 1.54. The molecule has 1 aromatic carbocycles. The lowest BCUT2D eigenvalue weighted by Crippen LogP contribution is -2.27. The Bertz CT molecular complexity index is 833. The third-order valence-electron chi connectivity index (χ3n) is 4.06. The van der Waals surface area contributed by atoms with Crippen LogP contribution in [0.5, 0.6) is 11.5 Å². The zero-order valence-corrected chi connectivity index (χ0v) is 13.5. The number of benzene rings is 1. The molecule has 2 aliphatic rings. The van der Waals surface area contributed by atoms with Crippen molar-refractivity contribution in [3.05, 3.63) is 53.3 Å². The molecular formula is C18H17N3O4. The number of rotatable bonds is 5. The quantitative estimate of drug-likeness (QED) is 0.864. The number of ether oxygens (including phenoxy) is 2. The van der Waals surface area contributed by atoms with Gasteiger partial charge in [0.2, 0.25) is 6.79 Å². The van der Waals surface area contributed by atoms with Gasteiger partial charge in [0.1, 0.15) is 5.69 Å². The van der Waals surface area contributed by atoms with Crippen molar-refractivity contribution in [2.24, 2.45) is 0 Å². The Morgan fingerprint density at radius 3 is 2.76 bits per heavy atom. The molecule has 0 spiro atoms. The van der Waals surface area contributed by atoms with Gasteiger partial charge in [0.25, 0.3) is 11.8 Å². The fraction of sp³-hybridized carbons (Fsp3) is 0.278. The van der Waals surface area contributed by atoms with Crippen LogP contribution in [-0.4, -0.2) is 29.6 Å². The number of fused-ring (bicyclic) bond motifs is 1. The van der Waals surface area contributed by atoms with Gasteiger partial charge in [-0.05, 0) is 42.7 Å². The summed E-state index contributed by atoms with van der Waals surface area (Å²) in [6.07, 6.45) is 3.50. The van der Waals surface area contributed by atoms with Crippen molar-refractivity contribution >= 4 is 11.8 Å². The summed E-state index contributed by atoms with van der Waals surface area (Å²) in [7, 11) is 0. The molecule has 7 nitrogen and oxygen atoms in total. The van der Waals surface area contributed by atoms with Crippen molar-refractivity contribution in [3.8, 4) is 11.5 Å². The molecule has 7 heteroatoms. The minimum atomic E-state index is -0.335. The van der Waals surface area contributed by atoms with Gasteiger partial charge in [-0.25, -0.2) is 0 Å². The fourth-order valence-corrected chi connectivity index (χ4v) is 2.52. The maximum Gasteiger partial charge on any atom is 0.270 e. The topological polar surface area (TPSA) is 89.6 Å². The van der Waals surface area contributed by atoms with Crippen LogP contribution in [0.1, 0.15) is 39.3 Å². The molecule has 0 bridgehead atoms. The van der Waals surface area contributed by atoms with Gasteiger partial charge in [-0.3, -0.25) is 14.6 Å². The molecule has 2 N–H and O–H groups in total. The molecule has 25 heavy (non-hydrogen) atoms. The van der Waals surface area contributed by atoms with Crippen LogP contribution in [0, 0.1) is 0 Å². The highest BCUT2D eigenvalue weighted by atomic mass is 16.7. The Balaban J connectivity index is 1.39. The van der Waals surface area contributed by atoms with E-state index in [-0.39, 0.29) is 30.3 Å². The highest BCUT2D eigenvalue weighted by Crippen LogP contribution is 2.32. The average molecular weight is 339 g/mol. The van der Waals surface area contributed by atoms with E-state index in [1.54, 1.807) is 6.07 Å². The molecule has 2 amide bonds. The molecule has 2 heterocycles. The van der Waals surface area contributed by atoms with Gasteiger partial charge in [0, 0.05) is 24.3 Å². The van der Waals surface area contributed by atoms with Crippen LogP contribution < -0.4 is 20.1 Å². The molecule has 0 unspecified atom stereocenters. The highest BCUT2D eigenvalue weighted by Gasteiger charge is 2.24. The van der Waals surface area contributed by atoms with Gasteiger partial charge in [0.05, 0.1) is 0 Å². The number of carbonyl (C=O) groups excluding carboxylic acids is 2. The summed E-state index contributed by atoms with van der Waals surface area (Å²) in [5, 5.41) is 5.69. The van der Waals surface area contributed by atoms with Crippen molar-refractivity contribution in [2.75, 3.05) is 6.79 Å². The Hall–Kier alpha value is -3.09. The molecular weight excluding hydrogens is 322 g/mol. The molecule has 1 aliphatic carbocycles. The summed E-state index contributed by atoms with van der Waals surface area (Å²) in [5.74, 6) is 0.864. The molecule has 128 valence electrons. The lowest BCUT2D eigenvalue weighted by Gasteiger charge is -2.07. The number of amides is 2. The summed E-state index contributed by atoms with van der Waals surface area (Å²) in [4.78, 5) is 28.4. The van der Waals surface area contributed by atoms with E-state index in [1.807, 2.05) is 18.2 Å². The molecule has 4 rings (SSSR count). The zero-order chi connectivity index (χ0) is 17.2. The minimum absolute atomic E-state index is 0.172. The van der Waals surface area contributed by atoms with E-state index in [1.165, 1.54) is 12.3 Å². The van der Waals surface area contributed by atoms with Crippen molar-refractivity contribution in [2.45, 2.75) is 25.4 Å². The van der Waals surface area contributed by atoms with Gasteiger partial charge >= 0.3 is 0 Å². The van der Waals surface area contributed by atoms with E-state index in [2.05, 4.69) is 15.6 Å². The van der Waals surface area contributed by atoms with Crippen molar-refractivity contribution < 1.29 is 19.1 Å². The van der Waals surface area contributed by atoms with Crippen molar-refractivity contribution in [3.63, 3.8) is 0 Å². The molecule has 1 aromatic heterocycles. The van der Waals surface area contributed by atoms with Crippen molar-refractivity contribution in [1.29, 1.82) is 0 Å². The minimum Gasteiger partial charge on any atom is -0.454 e. The largest absolute Gasteiger partial charge is 0.454 e. The van der Waals surface area contributed by atoms with Crippen LogP contribution in [0.25, 0.3) is 0 Å². The lowest BCUT2D eigenvalue weighted by atomic mass is 10.2. The van der Waals surface area contributed by atoms with E-state index >= 15 is 0 Å². The molecule has 1 saturated carbocycles.